The molecule has 3 N–H and O–H groups in total. The van der Waals surface area contributed by atoms with Crippen LogP contribution in [0, 0.1) is 0 Å². The molecule has 0 spiro atoms. The predicted octanol–water partition coefficient (Wildman–Crippen LogP) is -1.76. The first-order valence-corrected chi connectivity index (χ1v) is 6.20. The molecule has 0 radical (unpaired) electrons. The van der Waals surface area contributed by atoms with Crippen LogP contribution in [-0.2, 0) is 23.5 Å². The van der Waals surface area contributed by atoms with Gasteiger partial charge in [-0.15, -0.1) is 0 Å². The van der Waals surface area contributed by atoms with Crippen LogP contribution in [0.2, 0.25) is 0 Å². The molecule has 0 saturated carbocycles. The first kappa shape index (κ1) is 12.1. The molecular weight excluding hydrogens is 218 g/mol. The number of aromatic nitrogens is 3. The Bertz CT molecular complexity index is 399. The van der Waals surface area contributed by atoms with Crippen LogP contribution in [0.5, 0.6) is 0 Å². The highest BCUT2D eigenvalue weighted by Gasteiger charge is 2.08. The van der Waals surface area contributed by atoms with E-state index in [1.165, 1.54) is 0 Å². The third-order valence-electron chi connectivity index (χ3n) is 1.70. The summed E-state index contributed by atoms with van der Waals surface area (Å²) in [6.45, 7) is 0.420. The topological polar surface area (TPSA) is 103 Å². The van der Waals surface area contributed by atoms with Crippen LogP contribution >= 0.6 is 0 Å². The number of aryl methyl sites for hydroxylation is 1. The molecule has 1 rings (SSSR count). The summed E-state index contributed by atoms with van der Waals surface area (Å²) in [5.74, 6) is 0.566. The number of sulfonamides is 1. The van der Waals surface area contributed by atoms with Gasteiger partial charge in [-0.2, -0.15) is 5.10 Å². The van der Waals surface area contributed by atoms with Gasteiger partial charge in [-0.1, -0.05) is 0 Å². The average molecular weight is 233 g/mol. The van der Waals surface area contributed by atoms with Crippen LogP contribution in [0.1, 0.15) is 5.82 Å². The summed E-state index contributed by atoms with van der Waals surface area (Å²) in [5.41, 5.74) is 5.15. The monoisotopic (exact) mass is 233 g/mol. The fourth-order valence-electron chi connectivity index (χ4n) is 1.04. The third-order valence-corrected chi connectivity index (χ3v) is 3.12. The van der Waals surface area contributed by atoms with Crippen LogP contribution in [0.25, 0.3) is 0 Å². The Morgan fingerprint density at radius 2 is 2.33 bits per heavy atom. The molecule has 0 amide bonds. The molecule has 0 atom stereocenters. The molecule has 1 aromatic heterocycles. The number of rotatable bonds is 6. The molecule has 0 saturated heterocycles. The van der Waals surface area contributed by atoms with Crippen molar-refractivity contribution < 1.29 is 8.42 Å². The summed E-state index contributed by atoms with van der Waals surface area (Å²) in [5, 5.41) is 4.02. The van der Waals surface area contributed by atoms with E-state index in [4.69, 9.17) is 5.73 Å². The second kappa shape index (κ2) is 5.19. The molecule has 0 bridgehead atoms. The van der Waals surface area contributed by atoms with Crippen molar-refractivity contribution in [2.75, 3.05) is 18.8 Å². The lowest BCUT2D eigenvalue weighted by Crippen LogP contribution is -2.31. The minimum absolute atomic E-state index is 0.0529. The summed E-state index contributed by atoms with van der Waals surface area (Å²) in [6, 6.07) is 0. The quantitative estimate of drug-likeness (QED) is 0.605. The smallest absolute Gasteiger partial charge is 0.212 e. The van der Waals surface area contributed by atoms with Crippen LogP contribution < -0.4 is 10.5 Å². The lowest BCUT2D eigenvalue weighted by atomic mass is 10.4. The molecular formula is C7H15N5O2S. The molecule has 0 aromatic carbocycles. The Kier molecular flexibility index (Phi) is 4.18. The van der Waals surface area contributed by atoms with Gasteiger partial charge in [-0.05, 0) is 0 Å². The molecule has 0 unspecified atom stereocenters. The standard InChI is InChI=1S/C7H15N5O2S/c1-12-6-9-7(11-12)2-4-10-15(13,14)5-3-8/h6,10H,2-5,8H2,1H3. The van der Waals surface area contributed by atoms with E-state index >= 15 is 0 Å². The normalized spacial score (nSPS) is 11.9. The van der Waals surface area contributed by atoms with Crippen LogP contribution in [-0.4, -0.2) is 42.0 Å². The number of nitrogens with two attached hydrogens (primary N) is 1. The maximum absolute atomic E-state index is 11.2. The van der Waals surface area contributed by atoms with Crippen molar-refractivity contribution in [3.05, 3.63) is 12.2 Å². The summed E-state index contributed by atoms with van der Waals surface area (Å²) in [4.78, 5) is 3.97. The average Bonchev–Trinajstić information content (AvgIpc) is 2.51. The largest absolute Gasteiger partial charge is 0.329 e. The fourth-order valence-corrected chi connectivity index (χ4v) is 1.91. The fraction of sp³-hybridized carbons (Fsp3) is 0.714. The Morgan fingerprint density at radius 1 is 1.60 bits per heavy atom. The summed E-state index contributed by atoms with van der Waals surface area (Å²) in [6.07, 6.45) is 2.05. The van der Waals surface area contributed by atoms with Gasteiger partial charge < -0.3 is 5.73 Å². The van der Waals surface area contributed by atoms with Crippen molar-refractivity contribution in [3.63, 3.8) is 0 Å². The van der Waals surface area contributed by atoms with E-state index < -0.39 is 10.0 Å². The first-order valence-electron chi connectivity index (χ1n) is 4.55. The lowest BCUT2D eigenvalue weighted by Gasteiger charge is -2.02. The molecule has 1 aromatic rings. The molecule has 15 heavy (non-hydrogen) atoms. The minimum atomic E-state index is -3.23. The van der Waals surface area contributed by atoms with E-state index in [0.717, 1.165) is 0 Å². The van der Waals surface area contributed by atoms with Gasteiger partial charge in [0.15, 0.2) is 5.82 Å². The van der Waals surface area contributed by atoms with E-state index in [2.05, 4.69) is 14.8 Å². The van der Waals surface area contributed by atoms with E-state index in [1.54, 1.807) is 18.1 Å². The maximum Gasteiger partial charge on any atom is 0.212 e. The van der Waals surface area contributed by atoms with Gasteiger partial charge in [0, 0.05) is 26.6 Å². The van der Waals surface area contributed by atoms with Crippen molar-refractivity contribution in [2.45, 2.75) is 6.42 Å². The molecule has 86 valence electrons. The van der Waals surface area contributed by atoms with Crippen molar-refractivity contribution in [1.82, 2.24) is 19.5 Å². The van der Waals surface area contributed by atoms with Gasteiger partial charge >= 0.3 is 0 Å². The molecule has 7 nitrogen and oxygen atoms in total. The minimum Gasteiger partial charge on any atom is -0.329 e. The second-order valence-electron chi connectivity index (χ2n) is 3.09. The highest BCUT2D eigenvalue weighted by Crippen LogP contribution is 1.89. The molecule has 0 aliphatic carbocycles. The molecule has 0 aliphatic heterocycles. The van der Waals surface area contributed by atoms with Crippen molar-refractivity contribution >= 4 is 10.0 Å². The van der Waals surface area contributed by atoms with E-state index in [-0.39, 0.29) is 12.3 Å². The Balaban J connectivity index is 2.33. The number of nitrogens with one attached hydrogen (secondary N) is 1. The lowest BCUT2D eigenvalue weighted by molar-refractivity contribution is 0.580. The zero-order chi connectivity index (χ0) is 11.3. The van der Waals surface area contributed by atoms with Crippen molar-refractivity contribution in [3.8, 4) is 0 Å². The first-order chi connectivity index (χ1) is 7.03. The Hall–Kier alpha value is -0.990. The van der Waals surface area contributed by atoms with Gasteiger partial charge in [0.2, 0.25) is 10.0 Å². The molecule has 0 aliphatic rings. The summed E-state index contributed by atoms with van der Waals surface area (Å²) >= 11 is 0. The highest BCUT2D eigenvalue weighted by atomic mass is 32.2. The Morgan fingerprint density at radius 3 is 2.87 bits per heavy atom. The van der Waals surface area contributed by atoms with Gasteiger partial charge in [0.25, 0.3) is 0 Å². The van der Waals surface area contributed by atoms with E-state index in [9.17, 15) is 8.42 Å². The van der Waals surface area contributed by atoms with Gasteiger partial charge in [0.05, 0.1) is 5.75 Å². The highest BCUT2D eigenvalue weighted by molar-refractivity contribution is 7.89. The van der Waals surface area contributed by atoms with Gasteiger partial charge in [0.1, 0.15) is 6.33 Å². The van der Waals surface area contributed by atoms with Gasteiger partial charge in [-0.25, -0.2) is 18.1 Å². The Labute approximate surface area is 88.7 Å². The SMILES string of the molecule is Cn1cnc(CCNS(=O)(=O)CCN)n1. The van der Waals surface area contributed by atoms with Crippen molar-refractivity contribution in [2.24, 2.45) is 12.8 Å². The third kappa shape index (κ3) is 4.36. The van der Waals surface area contributed by atoms with Crippen LogP contribution in [0.4, 0.5) is 0 Å². The molecule has 0 fully saturated rings. The number of hydrogen-bond acceptors (Lipinski definition) is 5. The second-order valence-corrected chi connectivity index (χ2v) is 5.01. The zero-order valence-electron chi connectivity index (χ0n) is 8.55. The van der Waals surface area contributed by atoms with E-state index in [0.29, 0.717) is 18.8 Å². The molecule has 8 heteroatoms. The van der Waals surface area contributed by atoms with E-state index in [1.807, 2.05) is 0 Å². The number of nitrogens with zero attached hydrogens (tertiary/aromatic N) is 3. The van der Waals surface area contributed by atoms with Crippen LogP contribution in [0.3, 0.4) is 0 Å². The number of hydrogen-bond donors (Lipinski definition) is 2. The molecule has 1 heterocycles. The zero-order valence-corrected chi connectivity index (χ0v) is 9.37. The van der Waals surface area contributed by atoms with Crippen LogP contribution in [0.15, 0.2) is 6.33 Å². The maximum atomic E-state index is 11.2. The van der Waals surface area contributed by atoms with Gasteiger partial charge in [-0.3, -0.25) is 4.68 Å². The summed E-state index contributed by atoms with van der Waals surface area (Å²) in [7, 11) is -1.47. The predicted molar refractivity (Wildman–Crippen MR) is 55.6 cm³/mol. The van der Waals surface area contributed by atoms with Crippen molar-refractivity contribution in [1.29, 1.82) is 0 Å². The summed E-state index contributed by atoms with van der Waals surface area (Å²) < 4.78 is 26.4.